The van der Waals surface area contributed by atoms with E-state index < -0.39 is 0 Å². The molecule has 0 fully saturated rings. The van der Waals surface area contributed by atoms with Gasteiger partial charge in [-0.1, -0.05) is 48.5 Å². The van der Waals surface area contributed by atoms with E-state index in [-0.39, 0.29) is 11.3 Å². The van der Waals surface area contributed by atoms with Crippen LogP contribution < -0.4 is 16.0 Å². The van der Waals surface area contributed by atoms with E-state index in [4.69, 9.17) is 14.2 Å². The zero-order valence-electron chi connectivity index (χ0n) is 24.3. The van der Waals surface area contributed by atoms with Crippen molar-refractivity contribution in [1.82, 2.24) is 16.0 Å². The molecule has 9 nitrogen and oxygen atoms in total. The van der Waals surface area contributed by atoms with E-state index in [0.29, 0.717) is 51.6 Å². The van der Waals surface area contributed by atoms with Gasteiger partial charge in [0.1, 0.15) is 0 Å². The number of amides is 3. The number of hydrogen-bond donors (Lipinski definition) is 3. The number of carbonyl (C=O) groups excluding carboxylic acids is 3. The van der Waals surface area contributed by atoms with Crippen LogP contribution in [0.5, 0.6) is 0 Å². The van der Waals surface area contributed by atoms with Crippen molar-refractivity contribution < 1.29 is 28.6 Å². The van der Waals surface area contributed by atoms with E-state index in [1.54, 1.807) is 0 Å². The lowest BCUT2D eigenvalue weighted by atomic mass is 9.79. The minimum atomic E-state index is -0.162. The highest BCUT2D eigenvalue weighted by Gasteiger charge is 2.35. The van der Waals surface area contributed by atoms with Crippen LogP contribution >= 0.6 is 0 Å². The lowest BCUT2D eigenvalue weighted by molar-refractivity contribution is -0.124. The summed E-state index contributed by atoms with van der Waals surface area (Å²) >= 11 is 0. The molecule has 3 amide bonds. The van der Waals surface area contributed by atoms with Gasteiger partial charge in [0, 0.05) is 44.7 Å². The van der Waals surface area contributed by atoms with E-state index in [1.165, 1.54) is 0 Å². The molecule has 0 radical (unpaired) electrons. The standard InChI is InChI=1S/C19H39NO4.2C4H9NO/c1-6-10-20-18(21)9-13-24-16-19(17(4)5,14-22-11-7-2)15-23-12-8-3;2*1-2-3-5-4-6/h17H,6-16H2,1-5H3,(H,20,21);2*4H,2-3H2,1H3,(H,5,6). The fourth-order valence-corrected chi connectivity index (χ4v) is 2.66. The highest BCUT2D eigenvalue weighted by molar-refractivity contribution is 5.75. The summed E-state index contributed by atoms with van der Waals surface area (Å²) in [6.07, 6.45) is 6.81. The molecule has 0 saturated carbocycles. The lowest BCUT2D eigenvalue weighted by Crippen LogP contribution is -2.42. The molecule has 0 aromatic heterocycles. The van der Waals surface area contributed by atoms with Gasteiger partial charge in [-0.2, -0.15) is 0 Å². The largest absolute Gasteiger partial charge is 0.381 e. The van der Waals surface area contributed by atoms with Crippen molar-refractivity contribution in [2.75, 3.05) is 59.3 Å². The van der Waals surface area contributed by atoms with Gasteiger partial charge in [0.05, 0.1) is 26.4 Å². The van der Waals surface area contributed by atoms with Crippen LogP contribution in [0.4, 0.5) is 0 Å². The molecule has 0 atom stereocenters. The van der Waals surface area contributed by atoms with Gasteiger partial charge in [-0.3, -0.25) is 14.4 Å². The molecule has 0 aliphatic carbocycles. The Morgan fingerprint density at radius 3 is 1.42 bits per heavy atom. The van der Waals surface area contributed by atoms with Gasteiger partial charge in [-0.15, -0.1) is 0 Å². The number of carbonyl (C=O) groups is 3. The van der Waals surface area contributed by atoms with E-state index in [9.17, 15) is 14.4 Å². The van der Waals surface area contributed by atoms with Crippen LogP contribution in [0, 0.1) is 11.3 Å². The van der Waals surface area contributed by atoms with E-state index in [1.807, 2.05) is 20.8 Å². The van der Waals surface area contributed by atoms with Crippen molar-refractivity contribution in [3.8, 4) is 0 Å². The fourth-order valence-electron chi connectivity index (χ4n) is 2.66. The predicted octanol–water partition coefficient (Wildman–Crippen LogP) is 3.70. The summed E-state index contributed by atoms with van der Waals surface area (Å²) in [6, 6.07) is 0. The van der Waals surface area contributed by atoms with Crippen LogP contribution in [-0.4, -0.2) is 78.0 Å². The van der Waals surface area contributed by atoms with E-state index >= 15 is 0 Å². The summed E-state index contributed by atoms with van der Waals surface area (Å²) in [5.74, 6) is 0.427. The van der Waals surface area contributed by atoms with Crippen molar-refractivity contribution >= 4 is 18.7 Å². The average Bonchev–Trinajstić information content (AvgIpc) is 2.87. The highest BCUT2D eigenvalue weighted by Crippen LogP contribution is 2.29. The molecule has 0 aromatic carbocycles. The first kappa shape index (κ1) is 38.8. The molecule has 0 bridgehead atoms. The zero-order valence-corrected chi connectivity index (χ0v) is 24.3. The second kappa shape index (κ2) is 31.3. The molecule has 3 N–H and O–H groups in total. The van der Waals surface area contributed by atoms with Crippen LogP contribution in [0.25, 0.3) is 0 Å². The molecule has 36 heavy (non-hydrogen) atoms. The van der Waals surface area contributed by atoms with Gasteiger partial charge < -0.3 is 30.2 Å². The SMILES string of the molecule is CCCNC(=O)CCOCC(COCCC)(COCCC)C(C)C.CCCNC=O.CCCNC=O. The summed E-state index contributed by atoms with van der Waals surface area (Å²) < 4.78 is 17.5. The molecule has 216 valence electrons. The maximum absolute atomic E-state index is 11.6. The van der Waals surface area contributed by atoms with Crippen LogP contribution in [0.1, 0.15) is 87.0 Å². The predicted molar refractivity (Wildman–Crippen MR) is 147 cm³/mol. The molecule has 0 rings (SSSR count). The van der Waals surface area contributed by atoms with Gasteiger partial charge in [-0.25, -0.2) is 0 Å². The summed E-state index contributed by atoms with van der Waals surface area (Å²) in [7, 11) is 0. The summed E-state index contributed by atoms with van der Waals surface area (Å²) in [6.45, 7) is 20.7. The summed E-state index contributed by atoms with van der Waals surface area (Å²) in [5.41, 5.74) is -0.162. The van der Waals surface area contributed by atoms with E-state index in [0.717, 1.165) is 65.0 Å². The quantitative estimate of drug-likeness (QED) is 0.148. The van der Waals surface area contributed by atoms with Gasteiger partial charge in [0.25, 0.3) is 0 Å². The Bertz CT molecular complexity index is 456. The number of nitrogens with one attached hydrogen (secondary N) is 3. The number of hydrogen-bond acceptors (Lipinski definition) is 6. The average molecular weight is 520 g/mol. The Kier molecular flexibility index (Phi) is 33.8. The number of ether oxygens (including phenoxy) is 3. The van der Waals surface area contributed by atoms with Gasteiger partial charge in [0.15, 0.2) is 0 Å². The summed E-state index contributed by atoms with van der Waals surface area (Å²) in [4.78, 5) is 30.5. The topological polar surface area (TPSA) is 115 Å². The first-order chi connectivity index (χ1) is 17.3. The second-order valence-electron chi connectivity index (χ2n) is 8.92. The molecule has 0 heterocycles. The van der Waals surface area contributed by atoms with Crippen LogP contribution in [0.2, 0.25) is 0 Å². The van der Waals surface area contributed by atoms with Gasteiger partial charge in [-0.05, 0) is 38.0 Å². The van der Waals surface area contributed by atoms with Gasteiger partial charge in [0.2, 0.25) is 18.7 Å². The van der Waals surface area contributed by atoms with Crippen LogP contribution in [0.3, 0.4) is 0 Å². The van der Waals surface area contributed by atoms with Crippen molar-refractivity contribution in [1.29, 1.82) is 0 Å². The Morgan fingerprint density at radius 2 is 1.11 bits per heavy atom. The van der Waals surface area contributed by atoms with Crippen LogP contribution in [0.15, 0.2) is 0 Å². The Balaban J connectivity index is -0.000000742. The van der Waals surface area contributed by atoms with Crippen molar-refractivity contribution in [3.05, 3.63) is 0 Å². The Hall–Kier alpha value is -1.71. The molecule has 0 aliphatic rings. The smallest absolute Gasteiger partial charge is 0.222 e. The fraction of sp³-hybridized carbons (Fsp3) is 0.889. The highest BCUT2D eigenvalue weighted by atomic mass is 16.5. The number of rotatable bonds is 22. The first-order valence-electron chi connectivity index (χ1n) is 13.7. The second-order valence-corrected chi connectivity index (χ2v) is 8.92. The molecular formula is C27H57N3O6. The lowest BCUT2D eigenvalue weighted by Gasteiger charge is -2.37. The van der Waals surface area contributed by atoms with Crippen LogP contribution in [-0.2, 0) is 28.6 Å². The van der Waals surface area contributed by atoms with E-state index in [2.05, 4.69) is 43.6 Å². The van der Waals surface area contributed by atoms with Crippen molar-refractivity contribution in [3.63, 3.8) is 0 Å². The van der Waals surface area contributed by atoms with Crippen molar-refractivity contribution in [2.45, 2.75) is 87.0 Å². The maximum atomic E-state index is 11.6. The minimum Gasteiger partial charge on any atom is -0.381 e. The molecule has 0 aromatic rings. The third-order valence-electron chi connectivity index (χ3n) is 5.09. The molecular weight excluding hydrogens is 462 g/mol. The molecule has 0 unspecified atom stereocenters. The van der Waals surface area contributed by atoms with Gasteiger partial charge >= 0.3 is 0 Å². The third kappa shape index (κ3) is 26.9. The summed E-state index contributed by atoms with van der Waals surface area (Å²) in [5, 5.41) is 7.90. The zero-order chi connectivity index (χ0) is 27.9. The van der Waals surface area contributed by atoms with Crippen molar-refractivity contribution in [2.24, 2.45) is 11.3 Å². The maximum Gasteiger partial charge on any atom is 0.222 e. The Labute approximate surface area is 221 Å². The molecule has 0 saturated heterocycles. The normalized spacial score (nSPS) is 10.4. The monoisotopic (exact) mass is 519 g/mol. The first-order valence-corrected chi connectivity index (χ1v) is 13.7. The third-order valence-corrected chi connectivity index (χ3v) is 5.09. The Morgan fingerprint density at radius 1 is 0.694 bits per heavy atom. The molecule has 9 heteroatoms. The molecule has 0 spiro atoms. The minimum absolute atomic E-state index is 0.0523. The molecule has 0 aliphatic heterocycles.